The first-order chi connectivity index (χ1) is 8.45. The highest BCUT2D eigenvalue weighted by atomic mass is 16.1. The van der Waals surface area contributed by atoms with Crippen LogP contribution < -0.4 is 16.4 Å². The number of amides is 1. The van der Waals surface area contributed by atoms with Gasteiger partial charge in [0.15, 0.2) is 0 Å². The molecule has 6 nitrogen and oxygen atoms in total. The van der Waals surface area contributed by atoms with Crippen LogP contribution >= 0.6 is 0 Å². The Morgan fingerprint density at radius 3 is 2.72 bits per heavy atom. The monoisotopic (exact) mass is 253 g/mol. The minimum Gasteiger partial charge on any atom is -0.394 e. The maximum Gasteiger partial charge on any atom is 0.239 e. The van der Waals surface area contributed by atoms with Crippen LogP contribution in [0.3, 0.4) is 0 Å². The van der Waals surface area contributed by atoms with Crippen molar-refractivity contribution in [2.75, 3.05) is 24.1 Å². The van der Waals surface area contributed by atoms with E-state index in [1.165, 1.54) is 0 Å². The second-order valence-electron chi connectivity index (χ2n) is 4.71. The Morgan fingerprint density at radius 1 is 1.50 bits per heavy atom. The number of aromatic nitrogens is 2. The number of carbonyl (C=O) groups is 1. The third-order valence-electron chi connectivity index (χ3n) is 2.60. The SMILES string of the molecule is CCn1nc(C)c(N)c1NCC(=O)NCC(C)C. The molecule has 0 aliphatic rings. The van der Waals surface area contributed by atoms with E-state index in [0.717, 1.165) is 11.5 Å². The van der Waals surface area contributed by atoms with E-state index in [-0.39, 0.29) is 12.5 Å². The number of nitrogens with zero attached hydrogens (tertiary/aromatic N) is 2. The first-order valence-electron chi connectivity index (χ1n) is 6.29. The van der Waals surface area contributed by atoms with Gasteiger partial charge >= 0.3 is 0 Å². The zero-order chi connectivity index (χ0) is 13.7. The molecule has 18 heavy (non-hydrogen) atoms. The molecule has 0 spiro atoms. The maximum absolute atomic E-state index is 11.6. The molecule has 0 aliphatic heterocycles. The van der Waals surface area contributed by atoms with E-state index in [2.05, 4.69) is 29.6 Å². The Morgan fingerprint density at radius 2 is 2.17 bits per heavy atom. The van der Waals surface area contributed by atoms with Crippen molar-refractivity contribution in [1.29, 1.82) is 0 Å². The molecule has 1 amide bonds. The first kappa shape index (κ1) is 14.3. The van der Waals surface area contributed by atoms with Gasteiger partial charge in [-0.2, -0.15) is 5.10 Å². The van der Waals surface area contributed by atoms with E-state index < -0.39 is 0 Å². The van der Waals surface area contributed by atoms with Crippen molar-refractivity contribution in [2.45, 2.75) is 34.2 Å². The number of aryl methyl sites for hydroxylation is 2. The lowest BCUT2D eigenvalue weighted by molar-refractivity contribution is -0.119. The number of hydrogen-bond acceptors (Lipinski definition) is 4. The van der Waals surface area contributed by atoms with Crippen molar-refractivity contribution in [3.8, 4) is 0 Å². The number of nitrogens with one attached hydrogen (secondary N) is 2. The van der Waals surface area contributed by atoms with Gasteiger partial charge in [-0.3, -0.25) is 4.79 Å². The van der Waals surface area contributed by atoms with E-state index in [0.29, 0.717) is 24.7 Å². The van der Waals surface area contributed by atoms with Crippen molar-refractivity contribution in [3.05, 3.63) is 5.69 Å². The van der Waals surface area contributed by atoms with Gasteiger partial charge in [-0.25, -0.2) is 4.68 Å². The quantitative estimate of drug-likeness (QED) is 0.705. The zero-order valence-electron chi connectivity index (χ0n) is 11.6. The molecule has 0 bridgehead atoms. The predicted molar refractivity (Wildman–Crippen MR) is 73.4 cm³/mol. The van der Waals surface area contributed by atoms with Crippen LogP contribution in [-0.2, 0) is 11.3 Å². The largest absolute Gasteiger partial charge is 0.394 e. The molecular weight excluding hydrogens is 230 g/mol. The summed E-state index contributed by atoms with van der Waals surface area (Å²) < 4.78 is 1.76. The van der Waals surface area contributed by atoms with E-state index in [9.17, 15) is 4.79 Å². The fraction of sp³-hybridized carbons (Fsp3) is 0.667. The molecule has 1 aromatic rings. The van der Waals surface area contributed by atoms with Crippen LogP contribution in [0.15, 0.2) is 0 Å². The standard InChI is InChI=1S/C12H23N5O/c1-5-17-12(11(13)9(4)16-17)15-7-10(18)14-6-8(2)3/h8,15H,5-7,13H2,1-4H3,(H,14,18). The summed E-state index contributed by atoms with van der Waals surface area (Å²) in [5, 5.41) is 10.2. The van der Waals surface area contributed by atoms with Gasteiger partial charge < -0.3 is 16.4 Å². The number of anilines is 2. The number of hydrogen-bond donors (Lipinski definition) is 3. The van der Waals surface area contributed by atoms with Crippen molar-refractivity contribution in [2.24, 2.45) is 5.92 Å². The predicted octanol–water partition coefficient (Wildman–Crippen LogP) is 0.978. The smallest absolute Gasteiger partial charge is 0.239 e. The van der Waals surface area contributed by atoms with E-state index in [1.807, 2.05) is 13.8 Å². The number of rotatable bonds is 6. The Labute approximate surface area is 108 Å². The van der Waals surface area contributed by atoms with Crippen molar-refractivity contribution in [1.82, 2.24) is 15.1 Å². The molecule has 1 aromatic heterocycles. The lowest BCUT2D eigenvalue weighted by Gasteiger charge is -2.10. The summed E-state index contributed by atoms with van der Waals surface area (Å²) in [7, 11) is 0. The van der Waals surface area contributed by atoms with E-state index in [1.54, 1.807) is 4.68 Å². The van der Waals surface area contributed by atoms with E-state index in [4.69, 9.17) is 5.73 Å². The molecule has 1 rings (SSSR count). The number of nitrogen functional groups attached to an aromatic ring is 1. The minimum absolute atomic E-state index is 0.0374. The molecule has 102 valence electrons. The first-order valence-corrected chi connectivity index (χ1v) is 6.29. The fourth-order valence-corrected chi connectivity index (χ4v) is 1.56. The normalized spacial score (nSPS) is 10.7. The highest BCUT2D eigenvalue weighted by Crippen LogP contribution is 2.21. The Hall–Kier alpha value is -1.72. The summed E-state index contributed by atoms with van der Waals surface area (Å²) in [5.41, 5.74) is 7.29. The molecule has 6 heteroatoms. The second-order valence-corrected chi connectivity index (χ2v) is 4.71. The van der Waals surface area contributed by atoms with Crippen LogP contribution in [0.5, 0.6) is 0 Å². The summed E-state index contributed by atoms with van der Waals surface area (Å²) in [6.45, 7) is 9.56. The molecule has 1 heterocycles. The van der Waals surface area contributed by atoms with Crippen molar-refractivity contribution >= 4 is 17.4 Å². The molecule has 0 aliphatic carbocycles. The van der Waals surface area contributed by atoms with Crippen molar-refractivity contribution < 1.29 is 4.79 Å². The van der Waals surface area contributed by atoms with Crippen LogP contribution in [0.2, 0.25) is 0 Å². The summed E-state index contributed by atoms with van der Waals surface area (Å²) >= 11 is 0. The second kappa shape index (κ2) is 6.28. The third kappa shape index (κ3) is 3.65. The van der Waals surface area contributed by atoms with Crippen LogP contribution in [-0.4, -0.2) is 28.8 Å². The molecule has 0 radical (unpaired) electrons. The molecule has 0 saturated heterocycles. The van der Waals surface area contributed by atoms with Crippen LogP contribution in [0.4, 0.5) is 11.5 Å². The van der Waals surface area contributed by atoms with Gasteiger partial charge in [0.25, 0.3) is 0 Å². The average Bonchev–Trinajstić information content (AvgIpc) is 2.60. The topological polar surface area (TPSA) is 85.0 Å². The van der Waals surface area contributed by atoms with Gasteiger partial charge in [0, 0.05) is 13.1 Å². The Balaban J connectivity index is 2.55. The van der Waals surface area contributed by atoms with Gasteiger partial charge in [-0.1, -0.05) is 13.8 Å². The van der Waals surface area contributed by atoms with Gasteiger partial charge in [0.05, 0.1) is 17.9 Å². The van der Waals surface area contributed by atoms with Crippen LogP contribution in [0.1, 0.15) is 26.5 Å². The molecule has 0 fully saturated rings. The molecule has 4 N–H and O–H groups in total. The maximum atomic E-state index is 11.6. The summed E-state index contributed by atoms with van der Waals surface area (Å²) in [4.78, 5) is 11.6. The molecule has 0 aromatic carbocycles. The van der Waals surface area contributed by atoms with Gasteiger partial charge in [0.1, 0.15) is 5.82 Å². The van der Waals surface area contributed by atoms with Crippen LogP contribution in [0.25, 0.3) is 0 Å². The summed E-state index contributed by atoms with van der Waals surface area (Å²) in [6.07, 6.45) is 0. The van der Waals surface area contributed by atoms with E-state index >= 15 is 0 Å². The fourth-order valence-electron chi connectivity index (χ4n) is 1.56. The highest BCUT2D eigenvalue weighted by molar-refractivity contribution is 5.81. The third-order valence-corrected chi connectivity index (χ3v) is 2.60. The summed E-state index contributed by atoms with van der Waals surface area (Å²) in [5.74, 6) is 1.13. The molecule has 0 unspecified atom stereocenters. The molecule has 0 atom stereocenters. The van der Waals surface area contributed by atoms with Crippen LogP contribution in [0, 0.1) is 12.8 Å². The Bertz CT molecular complexity index is 411. The van der Waals surface area contributed by atoms with Gasteiger partial charge in [0.2, 0.25) is 5.91 Å². The number of nitrogens with two attached hydrogens (primary N) is 1. The number of carbonyl (C=O) groups excluding carboxylic acids is 1. The lowest BCUT2D eigenvalue weighted by Crippen LogP contribution is -2.33. The summed E-state index contributed by atoms with van der Waals surface area (Å²) in [6, 6.07) is 0. The Kier molecular flexibility index (Phi) is 5.00. The van der Waals surface area contributed by atoms with Gasteiger partial charge in [-0.15, -0.1) is 0 Å². The zero-order valence-corrected chi connectivity index (χ0v) is 11.6. The molecule has 0 saturated carbocycles. The molecular formula is C12H23N5O. The average molecular weight is 253 g/mol. The van der Waals surface area contributed by atoms with Crippen molar-refractivity contribution in [3.63, 3.8) is 0 Å². The lowest BCUT2D eigenvalue weighted by atomic mass is 10.2. The highest BCUT2D eigenvalue weighted by Gasteiger charge is 2.12. The minimum atomic E-state index is -0.0374. The van der Waals surface area contributed by atoms with Gasteiger partial charge in [-0.05, 0) is 19.8 Å².